The summed E-state index contributed by atoms with van der Waals surface area (Å²) in [5.41, 5.74) is 4.38. The van der Waals surface area contributed by atoms with E-state index in [1.807, 2.05) is 48.5 Å². The second-order valence-corrected chi connectivity index (χ2v) is 7.04. The number of aliphatic hydroxyl groups excluding tert-OH is 1. The maximum Gasteiger partial charge on any atom is 0.127 e. The van der Waals surface area contributed by atoms with E-state index in [1.165, 1.54) is 0 Å². The molecule has 0 bridgehead atoms. The molecule has 4 nitrogen and oxygen atoms in total. The molecule has 0 aliphatic rings. The normalized spacial score (nSPS) is 11.4. The van der Waals surface area contributed by atoms with Crippen LogP contribution in [0.25, 0.3) is 24.3 Å². The van der Waals surface area contributed by atoms with E-state index in [0.29, 0.717) is 33.0 Å². The van der Waals surface area contributed by atoms with Crippen molar-refractivity contribution in [2.24, 2.45) is 0 Å². The number of ether oxygens (including phenoxy) is 3. The fraction of sp³-hybridized carbons (Fsp3) is 0.214. The third kappa shape index (κ3) is 8.16. The first kappa shape index (κ1) is 23.5. The van der Waals surface area contributed by atoms with Crippen LogP contribution in [0.15, 0.2) is 78.9 Å². The Bertz CT molecular complexity index is 965. The Morgan fingerprint density at radius 2 is 1.16 bits per heavy atom. The molecule has 4 heteroatoms. The van der Waals surface area contributed by atoms with Crippen molar-refractivity contribution >= 4 is 24.3 Å². The van der Waals surface area contributed by atoms with Crippen molar-refractivity contribution in [1.29, 1.82) is 0 Å². The van der Waals surface area contributed by atoms with E-state index in [9.17, 15) is 0 Å². The molecule has 0 saturated heterocycles. The zero-order valence-electron chi connectivity index (χ0n) is 18.2. The quantitative estimate of drug-likeness (QED) is 0.290. The predicted octanol–water partition coefficient (Wildman–Crippen LogP) is 5.43. The molecule has 0 spiro atoms. The number of hydrogen-bond donors (Lipinski definition) is 1. The van der Waals surface area contributed by atoms with Gasteiger partial charge in [-0.05, 0) is 22.8 Å². The summed E-state index contributed by atoms with van der Waals surface area (Å²) < 4.78 is 16.8. The molecule has 0 saturated carbocycles. The predicted molar refractivity (Wildman–Crippen MR) is 131 cm³/mol. The fourth-order valence-corrected chi connectivity index (χ4v) is 3.10. The van der Waals surface area contributed by atoms with E-state index in [2.05, 4.69) is 54.6 Å². The van der Waals surface area contributed by atoms with Gasteiger partial charge in [-0.1, -0.05) is 97.1 Å². The van der Waals surface area contributed by atoms with Crippen LogP contribution in [0.3, 0.4) is 0 Å². The van der Waals surface area contributed by atoms with Gasteiger partial charge in [-0.2, -0.15) is 0 Å². The zero-order chi connectivity index (χ0) is 22.3. The van der Waals surface area contributed by atoms with Gasteiger partial charge >= 0.3 is 0 Å². The van der Waals surface area contributed by atoms with Crippen LogP contribution in [0, 0.1) is 0 Å². The minimum atomic E-state index is 0.0252. The lowest BCUT2D eigenvalue weighted by molar-refractivity contribution is 0.0247. The van der Waals surface area contributed by atoms with Crippen LogP contribution < -0.4 is 4.74 Å². The van der Waals surface area contributed by atoms with Crippen molar-refractivity contribution in [3.05, 3.63) is 101 Å². The fourth-order valence-electron chi connectivity index (χ4n) is 3.10. The molecule has 0 amide bonds. The molecule has 3 aromatic rings. The van der Waals surface area contributed by atoms with Crippen LogP contribution in [0.4, 0.5) is 0 Å². The molecular formula is C28H30O4. The summed E-state index contributed by atoms with van der Waals surface area (Å²) in [5, 5.41) is 8.70. The molecule has 1 N–H and O–H groups in total. The maximum atomic E-state index is 8.70. The van der Waals surface area contributed by atoms with E-state index in [4.69, 9.17) is 19.3 Å². The third-order valence-electron chi connectivity index (χ3n) is 4.69. The van der Waals surface area contributed by atoms with E-state index < -0.39 is 0 Å². The maximum absolute atomic E-state index is 8.70. The molecule has 0 aliphatic carbocycles. The highest BCUT2D eigenvalue weighted by molar-refractivity contribution is 5.82. The summed E-state index contributed by atoms with van der Waals surface area (Å²) in [5.74, 6) is 0.813. The van der Waals surface area contributed by atoms with Crippen molar-refractivity contribution in [1.82, 2.24) is 0 Å². The van der Waals surface area contributed by atoms with Gasteiger partial charge in [0.25, 0.3) is 0 Å². The van der Waals surface area contributed by atoms with Crippen molar-refractivity contribution < 1.29 is 19.3 Å². The minimum Gasteiger partial charge on any atom is -0.491 e. The Kier molecular flexibility index (Phi) is 10.3. The van der Waals surface area contributed by atoms with Crippen LogP contribution in [0.2, 0.25) is 0 Å². The van der Waals surface area contributed by atoms with Gasteiger partial charge in [-0.25, -0.2) is 0 Å². The zero-order valence-corrected chi connectivity index (χ0v) is 18.2. The van der Waals surface area contributed by atoms with E-state index in [1.54, 1.807) is 0 Å². The number of aliphatic hydroxyl groups is 1. The highest BCUT2D eigenvalue weighted by Crippen LogP contribution is 2.27. The molecule has 0 fully saturated rings. The first-order valence-corrected chi connectivity index (χ1v) is 10.9. The second kappa shape index (κ2) is 14.0. The first-order valence-electron chi connectivity index (χ1n) is 10.9. The molecule has 0 radical (unpaired) electrons. The lowest BCUT2D eigenvalue weighted by Crippen LogP contribution is -2.12. The molecular weight excluding hydrogens is 400 g/mol. The average molecular weight is 431 g/mol. The van der Waals surface area contributed by atoms with Crippen LogP contribution >= 0.6 is 0 Å². The summed E-state index contributed by atoms with van der Waals surface area (Å²) in [6, 6.07) is 26.5. The van der Waals surface area contributed by atoms with Crippen molar-refractivity contribution in [3.63, 3.8) is 0 Å². The van der Waals surface area contributed by atoms with Gasteiger partial charge in [-0.3, -0.25) is 0 Å². The molecule has 0 unspecified atom stereocenters. The van der Waals surface area contributed by atoms with E-state index in [0.717, 1.165) is 28.0 Å². The van der Waals surface area contributed by atoms with Crippen LogP contribution in [-0.2, 0) is 9.47 Å². The van der Waals surface area contributed by atoms with Gasteiger partial charge in [-0.15, -0.1) is 0 Å². The van der Waals surface area contributed by atoms with E-state index in [-0.39, 0.29) is 6.61 Å². The van der Waals surface area contributed by atoms with Gasteiger partial charge in [0.05, 0.1) is 33.0 Å². The van der Waals surface area contributed by atoms with E-state index >= 15 is 0 Å². The molecule has 0 heterocycles. The average Bonchev–Trinajstić information content (AvgIpc) is 2.85. The standard InChI is InChI=1S/C28H30O4/c29-18-19-30-20-21-31-22-23-32-28-13-7-12-26(16-14-24-8-3-1-4-9-24)27(28)17-15-25-10-5-2-6-11-25/h1-17,29H,18-23H2. The lowest BCUT2D eigenvalue weighted by atomic mass is 10.0. The second-order valence-electron chi connectivity index (χ2n) is 7.04. The number of benzene rings is 3. The SMILES string of the molecule is OCCOCCOCCOc1cccc(C=Cc2ccccc2)c1C=Cc1ccccc1. The van der Waals surface area contributed by atoms with Crippen molar-refractivity contribution in [3.8, 4) is 5.75 Å². The number of hydrogen-bond acceptors (Lipinski definition) is 4. The Morgan fingerprint density at radius 3 is 1.81 bits per heavy atom. The highest BCUT2D eigenvalue weighted by Gasteiger charge is 2.06. The molecule has 0 aromatic heterocycles. The van der Waals surface area contributed by atoms with Gasteiger partial charge < -0.3 is 19.3 Å². The molecule has 0 atom stereocenters. The third-order valence-corrected chi connectivity index (χ3v) is 4.69. The van der Waals surface area contributed by atoms with Crippen molar-refractivity contribution in [2.45, 2.75) is 0 Å². The summed E-state index contributed by atoms with van der Waals surface area (Å²) in [7, 11) is 0. The van der Waals surface area contributed by atoms with Crippen molar-refractivity contribution in [2.75, 3.05) is 39.6 Å². The monoisotopic (exact) mass is 430 g/mol. The number of rotatable bonds is 13. The molecule has 3 aromatic carbocycles. The van der Waals surface area contributed by atoms with Crippen LogP contribution in [0.1, 0.15) is 22.3 Å². The highest BCUT2D eigenvalue weighted by atomic mass is 16.5. The topological polar surface area (TPSA) is 47.9 Å². The Morgan fingerprint density at radius 1 is 0.562 bits per heavy atom. The molecule has 3 rings (SSSR count). The summed E-state index contributed by atoms with van der Waals surface area (Å²) in [6.45, 7) is 2.21. The van der Waals surface area contributed by atoms with Gasteiger partial charge in [0.1, 0.15) is 12.4 Å². The Labute approximate surface area is 190 Å². The minimum absolute atomic E-state index is 0.0252. The summed E-state index contributed by atoms with van der Waals surface area (Å²) >= 11 is 0. The molecule has 32 heavy (non-hydrogen) atoms. The summed E-state index contributed by atoms with van der Waals surface area (Å²) in [6.07, 6.45) is 8.41. The first-order chi connectivity index (χ1) is 15.9. The van der Waals surface area contributed by atoms with Crippen LogP contribution in [0.5, 0.6) is 5.75 Å². The van der Waals surface area contributed by atoms with Gasteiger partial charge in [0.2, 0.25) is 0 Å². The smallest absolute Gasteiger partial charge is 0.127 e. The summed E-state index contributed by atoms with van der Waals surface area (Å²) in [4.78, 5) is 0. The molecule has 166 valence electrons. The van der Waals surface area contributed by atoms with Gasteiger partial charge in [0.15, 0.2) is 0 Å². The largest absolute Gasteiger partial charge is 0.491 e. The Balaban J connectivity index is 1.70. The molecule has 0 aliphatic heterocycles. The Hall–Kier alpha value is -3.18. The lowest BCUT2D eigenvalue weighted by Gasteiger charge is -2.12. The van der Waals surface area contributed by atoms with Crippen LogP contribution in [-0.4, -0.2) is 44.7 Å². The van der Waals surface area contributed by atoms with Gasteiger partial charge in [0, 0.05) is 5.56 Å².